The van der Waals surface area contributed by atoms with Crippen LogP contribution in [0.25, 0.3) is 0 Å². The zero-order valence-corrected chi connectivity index (χ0v) is 24.1. The molecule has 1 N–H and O–H groups in total. The van der Waals surface area contributed by atoms with E-state index in [0.29, 0.717) is 29.8 Å². The van der Waals surface area contributed by atoms with Gasteiger partial charge in [-0.05, 0) is 44.2 Å². The average Bonchev–Trinajstić information content (AvgIpc) is 2.98. The number of rotatable bonds is 11. The Morgan fingerprint density at radius 2 is 1.78 bits per heavy atom. The number of methoxy groups -OCH3 is 2. The van der Waals surface area contributed by atoms with E-state index in [1.165, 1.54) is 38.4 Å². The van der Waals surface area contributed by atoms with E-state index in [2.05, 4.69) is 38.9 Å². The molecule has 1 saturated heterocycles. The number of nitrogens with zero attached hydrogens (tertiary/aromatic N) is 5. The topological polar surface area (TPSA) is 102 Å². The van der Waals surface area contributed by atoms with E-state index in [9.17, 15) is 9.18 Å². The maximum absolute atomic E-state index is 14.8. The Morgan fingerprint density at radius 1 is 1.02 bits per heavy atom. The van der Waals surface area contributed by atoms with Crippen molar-refractivity contribution in [1.82, 2.24) is 19.8 Å². The summed E-state index contributed by atoms with van der Waals surface area (Å²) < 4.78 is 36.5. The largest absolute Gasteiger partial charge is 0.497 e. The molecule has 0 aliphatic carbocycles. The number of amides is 1. The molecular formula is C29H37FN6O5. The fourth-order valence-electron chi connectivity index (χ4n) is 4.33. The molecule has 11 nitrogen and oxygen atoms in total. The SMILES string of the molecule is COc1ccc(OC)c(OC(=O)N(C)c2ccnc(Nc3ccc(OCCN4CCN(C(C)C)CC4)c(F)c3)n2)c1. The number of anilines is 3. The van der Waals surface area contributed by atoms with Gasteiger partial charge in [0.05, 0.1) is 14.2 Å². The number of hydrogen-bond acceptors (Lipinski definition) is 10. The minimum atomic E-state index is -0.699. The summed E-state index contributed by atoms with van der Waals surface area (Å²) in [6.07, 6.45) is 0.783. The highest BCUT2D eigenvalue weighted by molar-refractivity contribution is 5.88. The molecule has 0 unspecified atom stereocenters. The fourth-order valence-corrected chi connectivity index (χ4v) is 4.33. The van der Waals surface area contributed by atoms with E-state index in [1.807, 2.05) is 0 Å². The van der Waals surface area contributed by atoms with Crippen LogP contribution in [0.15, 0.2) is 48.7 Å². The molecule has 4 rings (SSSR count). The summed E-state index contributed by atoms with van der Waals surface area (Å²) in [6, 6.07) is 11.6. The molecule has 1 aromatic heterocycles. The van der Waals surface area contributed by atoms with Crippen molar-refractivity contribution in [2.24, 2.45) is 0 Å². The molecule has 1 aliphatic heterocycles. The van der Waals surface area contributed by atoms with Crippen molar-refractivity contribution in [3.8, 4) is 23.0 Å². The van der Waals surface area contributed by atoms with Crippen LogP contribution in [0.4, 0.5) is 26.6 Å². The first-order valence-electron chi connectivity index (χ1n) is 13.4. The van der Waals surface area contributed by atoms with Crippen LogP contribution < -0.4 is 29.2 Å². The molecule has 2 heterocycles. The molecule has 41 heavy (non-hydrogen) atoms. The Morgan fingerprint density at radius 3 is 2.46 bits per heavy atom. The minimum absolute atomic E-state index is 0.176. The van der Waals surface area contributed by atoms with E-state index in [4.69, 9.17) is 18.9 Å². The Balaban J connectivity index is 1.32. The minimum Gasteiger partial charge on any atom is -0.497 e. The van der Waals surface area contributed by atoms with Crippen molar-refractivity contribution < 1.29 is 28.1 Å². The van der Waals surface area contributed by atoms with Gasteiger partial charge >= 0.3 is 6.09 Å². The third-order valence-electron chi connectivity index (χ3n) is 6.82. The fraction of sp³-hybridized carbons (Fsp3) is 0.414. The Hall–Kier alpha value is -4.16. The van der Waals surface area contributed by atoms with Crippen LogP contribution in [-0.4, -0.2) is 92.5 Å². The van der Waals surface area contributed by atoms with Crippen LogP contribution in [0.2, 0.25) is 0 Å². The summed E-state index contributed by atoms with van der Waals surface area (Å²) in [7, 11) is 4.50. The van der Waals surface area contributed by atoms with E-state index in [-0.39, 0.29) is 23.3 Å². The number of carbonyl (C=O) groups excluding carboxylic acids is 1. The van der Waals surface area contributed by atoms with Crippen molar-refractivity contribution in [2.75, 3.05) is 70.8 Å². The molecule has 0 atom stereocenters. The highest BCUT2D eigenvalue weighted by Gasteiger charge is 2.20. The highest BCUT2D eigenvalue weighted by atomic mass is 19.1. The molecule has 0 radical (unpaired) electrons. The van der Waals surface area contributed by atoms with Crippen LogP contribution in [0.1, 0.15) is 13.8 Å². The Labute approximate surface area is 239 Å². The average molecular weight is 569 g/mol. The summed E-state index contributed by atoms with van der Waals surface area (Å²) in [5, 5.41) is 2.96. The smallest absolute Gasteiger partial charge is 0.420 e. The van der Waals surface area contributed by atoms with Crippen molar-refractivity contribution in [2.45, 2.75) is 19.9 Å². The van der Waals surface area contributed by atoms with Gasteiger partial charge in [-0.1, -0.05) is 0 Å². The van der Waals surface area contributed by atoms with Crippen LogP contribution in [0.3, 0.4) is 0 Å². The number of carbonyl (C=O) groups is 1. The first kappa shape index (κ1) is 29.8. The molecule has 0 spiro atoms. The molecule has 0 bridgehead atoms. The summed E-state index contributed by atoms with van der Waals surface area (Å²) >= 11 is 0. The molecule has 1 amide bonds. The predicted octanol–water partition coefficient (Wildman–Crippen LogP) is 4.42. The number of hydrogen-bond donors (Lipinski definition) is 1. The zero-order chi connectivity index (χ0) is 29.4. The lowest BCUT2D eigenvalue weighted by Crippen LogP contribution is -2.49. The zero-order valence-electron chi connectivity index (χ0n) is 24.1. The number of ether oxygens (including phenoxy) is 4. The van der Waals surface area contributed by atoms with Gasteiger partial charge in [0.25, 0.3) is 0 Å². The molecule has 3 aromatic rings. The standard InChI is InChI=1S/C29H37FN6O5/c1-20(2)36-14-12-35(13-15-36)16-17-40-24-8-6-21(18-23(24)30)32-28-31-11-10-27(33-28)34(3)29(37)41-26-19-22(38-4)7-9-25(26)39-5/h6-11,18-20H,12-17H2,1-5H3,(H,31,32,33). The van der Waals surface area contributed by atoms with Crippen LogP contribution in [0.5, 0.6) is 23.0 Å². The van der Waals surface area contributed by atoms with Gasteiger partial charge in [-0.25, -0.2) is 14.2 Å². The van der Waals surface area contributed by atoms with Crippen molar-refractivity contribution in [3.05, 3.63) is 54.5 Å². The second kappa shape index (κ2) is 14.0. The van der Waals surface area contributed by atoms with E-state index < -0.39 is 11.9 Å². The summed E-state index contributed by atoms with van der Waals surface area (Å²) in [5.41, 5.74) is 0.433. The van der Waals surface area contributed by atoms with Gasteiger partial charge in [0, 0.05) is 69.8 Å². The first-order valence-corrected chi connectivity index (χ1v) is 13.4. The number of aromatic nitrogens is 2. The predicted molar refractivity (Wildman–Crippen MR) is 154 cm³/mol. The third-order valence-corrected chi connectivity index (χ3v) is 6.82. The molecule has 1 fully saturated rings. The maximum atomic E-state index is 14.8. The van der Waals surface area contributed by atoms with Crippen LogP contribution in [0, 0.1) is 5.82 Å². The van der Waals surface area contributed by atoms with Crippen molar-refractivity contribution in [3.63, 3.8) is 0 Å². The van der Waals surface area contributed by atoms with Crippen LogP contribution >= 0.6 is 0 Å². The van der Waals surface area contributed by atoms with Gasteiger partial charge in [0.2, 0.25) is 5.95 Å². The lowest BCUT2D eigenvalue weighted by atomic mass is 10.2. The molecule has 220 valence electrons. The summed E-state index contributed by atoms with van der Waals surface area (Å²) in [5.74, 6) is 1.21. The van der Waals surface area contributed by atoms with E-state index in [0.717, 1.165) is 32.7 Å². The van der Waals surface area contributed by atoms with Gasteiger partial charge < -0.3 is 24.3 Å². The molecule has 12 heteroatoms. The summed E-state index contributed by atoms with van der Waals surface area (Å²) in [6.45, 7) is 9.59. The normalized spacial score (nSPS) is 14.0. The van der Waals surface area contributed by atoms with E-state index in [1.54, 1.807) is 36.4 Å². The highest BCUT2D eigenvalue weighted by Crippen LogP contribution is 2.32. The third kappa shape index (κ3) is 7.95. The quantitative estimate of drug-likeness (QED) is 0.358. The number of benzene rings is 2. The van der Waals surface area contributed by atoms with Crippen LogP contribution in [-0.2, 0) is 0 Å². The van der Waals surface area contributed by atoms with Gasteiger partial charge in [0.1, 0.15) is 18.2 Å². The van der Waals surface area contributed by atoms with E-state index >= 15 is 0 Å². The van der Waals surface area contributed by atoms with Crippen molar-refractivity contribution >= 4 is 23.5 Å². The maximum Gasteiger partial charge on any atom is 0.420 e. The molecule has 0 saturated carbocycles. The Kier molecular flexibility index (Phi) is 10.1. The monoisotopic (exact) mass is 568 g/mol. The van der Waals surface area contributed by atoms with Gasteiger partial charge in [-0.15, -0.1) is 0 Å². The van der Waals surface area contributed by atoms with Crippen molar-refractivity contribution in [1.29, 1.82) is 0 Å². The second-order valence-corrected chi connectivity index (χ2v) is 9.77. The lowest BCUT2D eigenvalue weighted by molar-refractivity contribution is 0.0965. The number of halogens is 1. The van der Waals surface area contributed by atoms with Gasteiger partial charge in [-0.2, -0.15) is 4.98 Å². The van der Waals surface area contributed by atoms with Gasteiger partial charge in [0.15, 0.2) is 23.1 Å². The molecule has 1 aliphatic rings. The van der Waals surface area contributed by atoms with Gasteiger partial charge in [-0.3, -0.25) is 14.7 Å². The number of piperazine rings is 1. The lowest BCUT2D eigenvalue weighted by Gasteiger charge is -2.36. The number of nitrogens with one attached hydrogen (secondary N) is 1. The second-order valence-electron chi connectivity index (χ2n) is 9.77. The summed E-state index contributed by atoms with van der Waals surface area (Å²) in [4.78, 5) is 27.4. The first-order chi connectivity index (χ1) is 19.8. The molecule has 2 aromatic carbocycles. The molecular weight excluding hydrogens is 531 g/mol. The Bertz CT molecular complexity index is 1320.